The zero-order valence-corrected chi connectivity index (χ0v) is 6.40. The summed E-state index contributed by atoms with van der Waals surface area (Å²) in [5.41, 5.74) is 0. The maximum absolute atomic E-state index is 12.1. The molecule has 10 heavy (non-hydrogen) atoms. The van der Waals surface area contributed by atoms with Crippen LogP contribution >= 0.6 is 0 Å². The monoisotopic (exact) mass is 168 g/mol. The molecule has 0 bridgehead atoms. The van der Waals surface area contributed by atoms with Gasteiger partial charge in [0.25, 0.3) is 10.1 Å². The van der Waals surface area contributed by atoms with Crippen LogP contribution in [0, 0.1) is 0 Å². The van der Waals surface area contributed by atoms with Crippen molar-refractivity contribution in [3.8, 4) is 0 Å². The fraction of sp³-hybridized carbons (Fsp3) is 1.00. The number of hydrogen-bond acceptors (Lipinski definition) is 3. The summed E-state index contributed by atoms with van der Waals surface area (Å²) in [5, 5.41) is 0. The topological polar surface area (TPSA) is 43.4 Å². The number of alkyl halides is 1. The second-order valence-corrected chi connectivity index (χ2v) is 4.09. The van der Waals surface area contributed by atoms with Crippen molar-refractivity contribution in [3.63, 3.8) is 0 Å². The minimum absolute atomic E-state index is 0.215. The molecule has 0 aromatic carbocycles. The molecule has 0 heterocycles. The lowest BCUT2D eigenvalue weighted by Crippen LogP contribution is -2.34. The fourth-order valence-electron chi connectivity index (χ4n) is 0.827. The van der Waals surface area contributed by atoms with Gasteiger partial charge >= 0.3 is 0 Å². The highest BCUT2D eigenvalue weighted by Gasteiger charge is 2.32. The van der Waals surface area contributed by atoms with Crippen LogP contribution in [0.25, 0.3) is 0 Å². The first kappa shape index (κ1) is 7.94. The molecule has 0 radical (unpaired) electrons. The van der Waals surface area contributed by atoms with E-state index in [0.717, 1.165) is 6.26 Å². The van der Waals surface area contributed by atoms with E-state index in [9.17, 15) is 12.8 Å². The molecule has 0 saturated heterocycles. The van der Waals surface area contributed by atoms with Gasteiger partial charge in [0.1, 0.15) is 6.17 Å². The average Bonchev–Trinajstić information content (AvgIpc) is 1.57. The summed E-state index contributed by atoms with van der Waals surface area (Å²) in [4.78, 5) is 0. The molecule has 1 saturated carbocycles. The fourth-order valence-corrected chi connectivity index (χ4v) is 1.48. The van der Waals surface area contributed by atoms with Crippen molar-refractivity contribution >= 4 is 10.1 Å². The Kier molecular flexibility index (Phi) is 1.96. The van der Waals surface area contributed by atoms with Crippen molar-refractivity contribution in [2.75, 3.05) is 6.26 Å². The third-order valence-electron chi connectivity index (χ3n) is 1.35. The smallest absolute Gasteiger partial charge is 0.264 e. The van der Waals surface area contributed by atoms with Crippen molar-refractivity contribution in [3.05, 3.63) is 0 Å². The summed E-state index contributed by atoms with van der Waals surface area (Å²) in [6.07, 6.45) is 0.121. The van der Waals surface area contributed by atoms with Crippen LogP contribution in [0.4, 0.5) is 4.39 Å². The van der Waals surface area contributed by atoms with Gasteiger partial charge in [0.2, 0.25) is 0 Å². The summed E-state index contributed by atoms with van der Waals surface area (Å²) < 4.78 is 37.3. The third kappa shape index (κ3) is 2.22. The molecule has 0 atom stereocenters. The molecule has 0 aromatic heterocycles. The standard InChI is InChI=1S/C5H9FO3S/c1-10(7,8)9-5-2-4(6)3-5/h4-5H,2-3H2,1H3. The zero-order chi connectivity index (χ0) is 7.78. The minimum Gasteiger partial charge on any atom is -0.267 e. The molecule has 0 aliphatic heterocycles. The molecule has 5 heteroatoms. The van der Waals surface area contributed by atoms with Gasteiger partial charge in [0.15, 0.2) is 0 Å². The van der Waals surface area contributed by atoms with Crippen LogP contribution < -0.4 is 0 Å². The first-order chi connectivity index (χ1) is 4.47. The molecule has 0 spiro atoms. The molecule has 1 rings (SSSR count). The first-order valence-electron chi connectivity index (χ1n) is 3.00. The van der Waals surface area contributed by atoms with Crippen LogP contribution in [-0.4, -0.2) is 26.9 Å². The first-order valence-corrected chi connectivity index (χ1v) is 4.81. The molecule has 1 aliphatic carbocycles. The molecule has 3 nitrogen and oxygen atoms in total. The Hall–Kier alpha value is -0.160. The lowest BCUT2D eigenvalue weighted by Gasteiger charge is -2.27. The highest BCUT2D eigenvalue weighted by atomic mass is 32.2. The Morgan fingerprint density at radius 2 is 2.00 bits per heavy atom. The maximum Gasteiger partial charge on any atom is 0.264 e. The molecule has 1 fully saturated rings. The van der Waals surface area contributed by atoms with Gasteiger partial charge in [-0.3, -0.25) is 4.18 Å². The van der Waals surface area contributed by atoms with Gasteiger partial charge in [-0.1, -0.05) is 0 Å². The third-order valence-corrected chi connectivity index (χ3v) is 1.97. The van der Waals surface area contributed by atoms with E-state index >= 15 is 0 Å². The van der Waals surface area contributed by atoms with Gasteiger partial charge in [-0.2, -0.15) is 8.42 Å². The zero-order valence-electron chi connectivity index (χ0n) is 5.58. The lowest BCUT2D eigenvalue weighted by atomic mass is 9.94. The Bertz CT molecular complexity index is 205. The van der Waals surface area contributed by atoms with Gasteiger partial charge in [0, 0.05) is 12.8 Å². The summed E-state index contributed by atoms with van der Waals surface area (Å²) >= 11 is 0. The molecule has 0 amide bonds. The van der Waals surface area contributed by atoms with Crippen molar-refractivity contribution in [2.45, 2.75) is 25.1 Å². The van der Waals surface area contributed by atoms with Crippen LogP contribution in [0.5, 0.6) is 0 Å². The van der Waals surface area contributed by atoms with Crippen molar-refractivity contribution in [2.24, 2.45) is 0 Å². The van der Waals surface area contributed by atoms with E-state index in [4.69, 9.17) is 0 Å². The van der Waals surface area contributed by atoms with Crippen LogP contribution in [0.3, 0.4) is 0 Å². The summed E-state index contributed by atoms with van der Waals surface area (Å²) in [5.74, 6) is 0. The van der Waals surface area contributed by atoms with Crippen molar-refractivity contribution in [1.29, 1.82) is 0 Å². The van der Waals surface area contributed by atoms with Gasteiger partial charge < -0.3 is 0 Å². The van der Waals surface area contributed by atoms with E-state index in [1.165, 1.54) is 0 Å². The largest absolute Gasteiger partial charge is 0.267 e. The van der Waals surface area contributed by atoms with E-state index in [1.54, 1.807) is 0 Å². The van der Waals surface area contributed by atoms with Crippen LogP contribution in [-0.2, 0) is 14.3 Å². The highest BCUT2D eigenvalue weighted by Crippen LogP contribution is 2.26. The van der Waals surface area contributed by atoms with Gasteiger partial charge in [-0.15, -0.1) is 0 Å². The van der Waals surface area contributed by atoms with Gasteiger partial charge in [0.05, 0.1) is 12.4 Å². The van der Waals surface area contributed by atoms with E-state index in [0.29, 0.717) is 0 Å². The van der Waals surface area contributed by atoms with Crippen molar-refractivity contribution in [1.82, 2.24) is 0 Å². The maximum atomic E-state index is 12.1. The molecular weight excluding hydrogens is 159 g/mol. The second kappa shape index (κ2) is 2.47. The Morgan fingerprint density at radius 1 is 1.50 bits per heavy atom. The molecule has 0 aromatic rings. The van der Waals surface area contributed by atoms with Crippen molar-refractivity contribution < 1.29 is 17.0 Å². The Balaban J connectivity index is 2.30. The normalized spacial score (nSPS) is 33.4. The van der Waals surface area contributed by atoms with E-state index < -0.39 is 22.4 Å². The molecule has 0 unspecified atom stereocenters. The molecule has 60 valence electrons. The SMILES string of the molecule is CS(=O)(=O)OC1CC(F)C1. The predicted octanol–water partition coefficient (Wildman–Crippen LogP) is 0.463. The predicted molar refractivity (Wildman–Crippen MR) is 33.8 cm³/mol. The van der Waals surface area contributed by atoms with Crippen LogP contribution in [0.1, 0.15) is 12.8 Å². The quantitative estimate of drug-likeness (QED) is 0.563. The molecule has 0 N–H and O–H groups in total. The second-order valence-electron chi connectivity index (χ2n) is 2.49. The average molecular weight is 168 g/mol. The number of halogens is 1. The minimum atomic E-state index is -3.37. The van der Waals surface area contributed by atoms with E-state index in [2.05, 4.69) is 4.18 Å². The number of rotatable bonds is 2. The summed E-state index contributed by atoms with van der Waals surface area (Å²) in [6, 6.07) is 0. The Morgan fingerprint density at radius 3 is 2.30 bits per heavy atom. The van der Waals surface area contributed by atoms with Crippen LogP contribution in [0.2, 0.25) is 0 Å². The lowest BCUT2D eigenvalue weighted by molar-refractivity contribution is 0.0467. The highest BCUT2D eigenvalue weighted by molar-refractivity contribution is 7.86. The summed E-state index contributed by atoms with van der Waals surface area (Å²) in [6.45, 7) is 0. The van der Waals surface area contributed by atoms with E-state index in [-0.39, 0.29) is 12.8 Å². The van der Waals surface area contributed by atoms with Gasteiger partial charge in [-0.25, -0.2) is 4.39 Å². The molecule has 1 aliphatic rings. The summed E-state index contributed by atoms with van der Waals surface area (Å²) in [7, 11) is -3.37. The molecular formula is C5H9FO3S. The Labute approximate surface area is 59.3 Å². The van der Waals surface area contributed by atoms with E-state index in [1.807, 2.05) is 0 Å². The number of hydrogen-bond donors (Lipinski definition) is 0. The van der Waals surface area contributed by atoms with Gasteiger partial charge in [-0.05, 0) is 0 Å². The van der Waals surface area contributed by atoms with Crippen LogP contribution in [0.15, 0.2) is 0 Å².